The Morgan fingerprint density at radius 1 is 1.04 bits per heavy atom. The van der Waals surface area contributed by atoms with Crippen LogP contribution in [0.1, 0.15) is 69.1 Å². The molecule has 2 bridgehead atoms. The van der Waals surface area contributed by atoms with Crippen molar-refractivity contribution in [3.63, 3.8) is 0 Å². The zero-order chi connectivity index (χ0) is 19.1. The standard InChI is InChI=1S/C21H25N3O2S/c1-14-5-3-6-16(11-14)18(25)23-20-7-4-8-21(13-20,10-9-20)24-19(26)17-12-22-15(2)27-17/h3,5-6,11-12H,4,7-10,13H2,1-2H3,(H,23,25)(H,24,26). The van der Waals surface area contributed by atoms with Gasteiger partial charge < -0.3 is 10.6 Å². The number of hydrogen-bond acceptors (Lipinski definition) is 4. The van der Waals surface area contributed by atoms with Crippen LogP contribution in [0.3, 0.4) is 0 Å². The molecule has 2 saturated carbocycles. The third-order valence-corrected chi connectivity index (χ3v) is 6.86. The minimum atomic E-state index is -0.215. The highest BCUT2D eigenvalue weighted by atomic mass is 32.1. The van der Waals surface area contributed by atoms with Crippen molar-refractivity contribution < 1.29 is 9.59 Å². The molecule has 0 aliphatic heterocycles. The van der Waals surface area contributed by atoms with Gasteiger partial charge in [0.25, 0.3) is 11.8 Å². The summed E-state index contributed by atoms with van der Waals surface area (Å²) in [5, 5.41) is 7.49. The second kappa shape index (κ2) is 6.75. The number of benzene rings is 1. The maximum atomic E-state index is 12.8. The summed E-state index contributed by atoms with van der Waals surface area (Å²) in [6.45, 7) is 3.90. The quantitative estimate of drug-likeness (QED) is 0.844. The van der Waals surface area contributed by atoms with Crippen molar-refractivity contribution in [1.82, 2.24) is 15.6 Å². The van der Waals surface area contributed by atoms with Crippen molar-refractivity contribution >= 4 is 23.2 Å². The first-order valence-electron chi connectivity index (χ1n) is 9.53. The van der Waals surface area contributed by atoms with Crippen molar-refractivity contribution in [3.05, 3.63) is 51.5 Å². The van der Waals surface area contributed by atoms with Crippen molar-refractivity contribution in [2.75, 3.05) is 0 Å². The van der Waals surface area contributed by atoms with Gasteiger partial charge in [-0.05, 0) is 64.5 Å². The van der Waals surface area contributed by atoms with Crippen LogP contribution in [0.15, 0.2) is 30.5 Å². The molecule has 4 rings (SSSR count). The van der Waals surface area contributed by atoms with Crippen LogP contribution in [0.4, 0.5) is 0 Å². The molecule has 2 fully saturated rings. The van der Waals surface area contributed by atoms with E-state index in [9.17, 15) is 9.59 Å². The number of carbonyl (C=O) groups excluding carboxylic acids is 2. The molecule has 1 heterocycles. The summed E-state index contributed by atoms with van der Waals surface area (Å²) in [6, 6.07) is 7.69. The van der Waals surface area contributed by atoms with Gasteiger partial charge in [0.1, 0.15) is 4.88 Å². The molecule has 6 heteroatoms. The fourth-order valence-corrected chi connectivity index (χ4v) is 5.37. The smallest absolute Gasteiger partial charge is 0.263 e. The van der Waals surface area contributed by atoms with Crippen LogP contribution in [0.2, 0.25) is 0 Å². The average Bonchev–Trinajstić information content (AvgIpc) is 3.16. The van der Waals surface area contributed by atoms with Crippen LogP contribution < -0.4 is 10.6 Å². The number of aromatic nitrogens is 1. The van der Waals surface area contributed by atoms with Crippen LogP contribution in [-0.4, -0.2) is 27.9 Å². The van der Waals surface area contributed by atoms with Gasteiger partial charge >= 0.3 is 0 Å². The summed E-state index contributed by atoms with van der Waals surface area (Å²) in [5.74, 6) is -0.0517. The number of fused-ring (bicyclic) bond motifs is 2. The summed E-state index contributed by atoms with van der Waals surface area (Å²) in [5.41, 5.74) is 1.36. The van der Waals surface area contributed by atoms with Crippen molar-refractivity contribution in [3.8, 4) is 0 Å². The van der Waals surface area contributed by atoms with Crippen LogP contribution in [-0.2, 0) is 0 Å². The van der Waals surface area contributed by atoms with Gasteiger partial charge in [0.2, 0.25) is 0 Å². The molecule has 0 radical (unpaired) electrons. The summed E-state index contributed by atoms with van der Waals surface area (Å²) in [4.78, 5) is 30.3. The highest BCUT2D eigenvalue weighted by molar-refractivity contribution is 7.13. The van der Waals surface area contributed by atoms with Gasteiger partial charge in [-0.15, -0.1) is 11.3 Å². The second-order valence-corrected chi connectivity index (χ2v) is 9.35. The number of hydrogen-bond donors (Lipinski definition) is 2. The van der Waals surface area contributed by atoms with E-state index < -0.39 is 0 Å². The number of nitrogens with one attached hydrogen (secondary N) is 2. The average molecular weight is 384 g/mol. The van der Waals surface area contributed by atoms with E-state index in [0.717, 1.165) is 49.1 Å². The summed E-state index contributed by atoms with van der Waals surface area (Å²) in [6.07, 6.45) is 7.23. The Hall–Kier alpha value is -2.21. The highest BCUT2D eigenvalue weighted by Gasteiger charge is 2.52. The molecule has 5 nitrogen and oxygen atoms in total. The Morgan fingerprint density at radius 2 is 1.74 bits per heavy atom. The Balaban J connectivity index is 1.48. The van der Waals surface area contributed by atoms with E-state index in [1.165, 1.54) is 11.3 Å². The molecule has 2 N–H and O–H groups in total. The highest BCUT2D eigenvalue weighted by Crippen LogP contribution is 2.48. The molecule has 2 unspecified atom stereocenters. The maximum Gasteiger partial charge on any atom is 0.263 e. The van der Waals surface area contributed by atoms with Gasteiger partial charge in [-0.1, -0.05) is 17.7 Å². The van der Waals surface area contributed by atoms with Gasteiger partial charge in [-0.2, -0.15) is 0 Å². The van der Waals surface area contributed by atoms with E-state index in [2.05, 4.69) is 15.6 Å². The number of amides is 2. The molecule has 2 amide bonds. The lowest BCUT2D eigenvalue weighted by atomic mass is 9.78. The number of carbonyl (C=O) groups is 2. The zero-order valence-electron chi connectivity index (χ0n) is 15.8. The number of nitrogens with zero attached hydrogens (tertiary/aromatic N) is 1. The summed E-state index contributed by atoms with van der Waals surface area (Å²) < 4.78 is 0. The largest absolute Gasteiger partial charge is 0.347 e. The first-order chi connectivity index (χ1) is 12.9. The SMILES string of the molecule is Cc1cccc(C(=O)NC23CCCC(NC(=O)c4cnc(C)s4)(CC2)C3)c1. The lowest BCUT2D eigenvalue weighted by Gasteiger charge is -2.40. The van der Waals surface area contributed by atoms with Gasteiger partial charge in [-0.25, -0.2) is 4.98 Å². The van der Waals surface area contributed by atoms with E-state index in [1.54, 1.807) is 6.20 Å². The molecule has 1 aromatic carbocycles. The third-order valence-electron chi connectivity index (χ3n) is 5.95. The van der Waals surface area contributed by atoms with Gasteiger partial charge in [0, 0.05) is 16.6 Å². The minimum absolute atomic E-state index is 0.0131. The predicted molar refractivity (Wildman–Crippen MR) is 106 cm³/mol. The fourth-order valence-electron chi connectivity index (χ4n) is 4.70. The van der Waals surface area contributed by atoms with E-state index in [0.29, 0.717) is 10.4 Å². The van der Waals surface area contributed by atoms with Gasteiger partial charge in [0.15, 0.2) is 0 Å². The lowest BCUT2D eigenvalue weighted by molar-refractivity contribution is 0.0834. The van der Waals surface area contributed by atoms with Crippen LogP contribution >= 0.6 is 11.3 Å². The monoisotopic (exact) mass is 383 g/mol. The molecular weight excluding hydrogens is 358 g/mol. The molecule has 0 spiro atoms. The summed E-state index contributed by atoms with van der Waals surface area (Å²) >= 11 is 1.42. The molecule has 0 saturated heterocycles. The first-order valence-corrected chi connectivity index (χ1v) is 10.3. The van der Waals surface area contributed by atoms with Crippen molar-refractivity contribution in [1.29, 1.82) is 0 Å². The van der Waals surface area contributed by atoms with Crippen LogP contribution in [0.5, 0.6) is 0 Å². The second-order valence-electron chi connectivity index (χ2n) is 8.11. The molecule has 2 aliphatic carbocycles. The molecule has 2 aliphatic rings. The molecule has 142 valence electrons. The predicted octanol–water partition coefficient (Wildman–Crippen LogP) is 3.77. The Kier molecular flexibility index (Phi) is 4.54. The molecule has 2 atom stereocenters. The molecular formula is C21H25N3O2S. The number of aryl methyl sites for hydroxylation is 2. The van der Waals surface area contributed by atoms with E-state index in [1.807, 2.05) is 38.1 Å². The third kappa shape index (κ3) is 3.63. The normalized spacial score (nSPS) is 26.6. The van der Waals surface area contributed by atoms with Crippen molar-refractivity contribution in [2.45, 2.75) is 63.5 Å². The zero-order valence-corrected chi connectivity index (χ0v) is 16.6. The topological polar surface area (TPSA) is 71.1 Å². The molecule has 1 aromatic heterocycles. The maximum absolute atomic E-state index is 12.8. The lowest BCUT2D eigenvalue weighted by Crippen LogP contribution is -2.55. The Labute approximate surface area is 163 Å². The Morgan fingerprint density at radius 3 is 2.37 bits per heavy atom. The molecule has 27 heavy (non-hydrogen) atoms. The van der Waals surface area contributed by atoms with Gasteiger partial charge in [-0.3, -0.25) is 9.59 Å². The van der Waals surface area contributed by atoms with Crippen molar-refractivity contribution in [2.24, 2.45) is 0 Å². The molecule has 2 aromatic rings. The van der Waals surface area contributed by atoms with Gasteiger partial charge in [0.05, 0.1) is 11.2 Å². The summed E-state index contributed by atoms with van der Waals surface area (Å²) in [7, 11) is 0. The number of thiazole rings is 1. The van der Waals surface area contributed by atoms with Crippen LogP contribution in [0.25, 0.3) is 0 Å². The Bertz CT molecular complexity index is 893. The minimum Gasteiger partial charge on any atom is -0.347 e. The first kappa shape index (κ1) is 18.2. The van der Waals surface area contributed by atoms with Crippen LogP contribution in [0, 0.1) is 13.8 Å². The van der Waals surface area contributed by atoms with E-state index in [4.69, 9.17) is 0 Å². The van der Waals surface area contributed by atoms with E-state index >= 15 is 0 Å². The number of rotatable bonds is 4. The fraction of sp³-hybridized carbons (Fsp3) is 0.476. The van der Waals surface area contributed by atoms with E-state index in [-0.39, 0.29) is 22.9 Å².